The summed E-state index contributed by atoms with van der Waals surface area (Å²) in [6.45, 7) is 4.18. The van der Waals surface area contributed by atoms with Gasteiger partial charge in [0.2, 0.25) is 0 Å². The summed E-state index contributed by atoms with van der Waals surface area (Å²) in [7, 11) is 1.62. The lowest BCUT2D eigenvalue weighted by Crippen LogP contribution is -2.26. The number of rotatable bonds is 7. The third-order valence-corrected chi connectivity index (χ3v) is 4.21. The van der Waals surface area contributed by atoms with Gasteiger partial charge in [-0.15, -0.1) is 0 Å². The van der Waals surface area contributed by atoms with Gasteiger partial charge in [0.1, 0.15) is 23.9 Å². The number of furan rings is 1. The van der Waals surface area contributed by atoms with Crippen LogP contribution in [-0.4, -0.2) is 13.0 Å². The number of methoxy groups -OCH3 is 1. The van der Waals surface area contributed by atoms with E-state index in [1.807, 2.05) is 62.4 Å². The van der Waals surface area contributed by atoms with E-state index in [2.05, 4.69) is 5.32 Å². The average Bonchev–Trinajstić information content (AvgIpc) is 3.16. The van der Waals surface area contributed by atoms with Crippen molar-refractivity contribution in [3.63, 3.8) is 0 Å². The lowest BCUT2D eigenvalue weighted by Gasteiger charge is -2.17. The van der Waals surface area contributed by atoms with Gasteiger partial charge in [-0.2, -0.15) is 0 Å². The second-order valence-corrected chi connectivity index (χ2v) is 6.31. The average molecular weight is 365 g/mol. The molecule has 5 heteroatoms. The molecule has 1 aromatic heterocycles. The zero-order valence-corrected chi connectivity index (χ0v) is 15.7. The largest absolute Gasteiger partial charge is 0.496 e. The lowest BCUT2D eigenvalue weighted by molar-refractivity contribution is 0.0907. The van der Waals surface area contributed by atoms with E-state index in [0.29, 0.717) is 5.76 Å². The van der Waals surface area contributed by atoms with Crippen LogP contribution in [0.15, 0.2) is 65.1 Å². The van der Waals surface area contributed by atoms with Crippen LogP contribution in [0.4, 0.5) is 0 Å². The molecular weight excluding hydrogens is 342 g/mol. The molecule has 1 amide bonds. The predicted octanol–water partition coefficient (Wildman–Crippen LogP) is 4.67. The van der Waals surface area contributed by atoms with Crippen LogP contribution >= 0.6 is 0 Å². The fourth-order valence-corrected chi connectivity index (χ4v) is 2.79. The minimum absolute atomic E-state index is 0.221. The Hall–Kier alpha value is -3.21. The number of aryl methyl sites for hydroxylation is 1. The molecule has 0 saturated carbocycles. The van der Waals surface area contributed by atoms with Gasteiger partial charge in [0, 0.05) is 5.56 Å². The Morgan fingerprint density at radius 3 is 2.63 bits per heavy atom. The molecule has 2 aromatic carbocycles. The van der Waals surface area contributed by atoms with Gasteiger partial charge in [0.15, 0.2) is 5.76 Å². The molecule has 140 valence electrons. The smallest absolute Gasteiger partial charge is 0.287 e. The number of carbonyl (C=O) groups excluding carboxylic acids is 1. The molecule has 1 N–H and O–H groups in total. The Labute approximate surface area is 158 Å². The number of ether oxygens (including phenoxy) is 2. The third-order valence-electron chi connectivity index (χ3n) is 4.21. The van der Waals surface area contributed by atoms with Crippen molar-refractivity contribution in [2.45, 2.75) is 26.5 Å². The van der Waals surface area contributed by atoms with E-state index in [1.165, 1.54) is 0 Å². The SMILES string of the molecule is COc1ccc(C)cc1[C@H](C)NC(=O)c1ccc(COc2ccccc2)o1. The van der Waals surface area contributed by atoms with E-state index in [0.717, 1.165) is 22.6 Å². The van der Waals surface area contributed by atoms with Crippen molar-refractivity contribution in [2.24, 2.45) is 0 Å². The zero-order chi connectivity index (χ0) is 19.2. The third kappa shape index (κ3) is 4.70. The van der Waals surface area contributed by atoms with Crippen LogP contribution in [0.3, 0.4) is 0 Å². The molecule has 0 radical (unpaired) electrons. The molecule has 0 saturated heterocycles. The monoisotopic (exact) mass is 365 g/mol. The first-order chi connectivity index (χ1) is 13.1. The highest BCUT2D eigenvalue weighted by atomic mass is 16.5. The van der Waals surface area contributed by atoms with Gasteiger partial charge in [0.25, 0.3) is 5.91 Å². The first kappa shape index (κ1) is 18.6. The standard InChI is InChI=1S/C22H23NO4/c1-15-9-11-20(25-3)19(13-15)16(2)23-22(24)21-12-10-18(27-21)14-26-17-7-5-4-6-8-17/h4-13,16H,14H2,1-3H3,(H,23,24)/t16-/m0/s1. The van der Waals surface area contributed by atoms with Crippen LogP contribution in [0, 0.1) is 6.92 Å². The molecule has 3 rings (SSSR count). The molecule has 1 atom stereocenters. The zero-order valence-electron chi connectivity index (χ0n) is 15.7. The van der Waals surface area contributed by atoms with Crippen molar-refractivity contribution in [3.8, 4) is 11.5 Å². The van der Waals surface area contributed by atoms with Gasteiger partial charge in [-0.3, -0.25) is 4.79 Å². The number of hydrogen-bond donors (Lipinski definition) is 1. The first-order valence-electron chi connectivity index (χ1n) is 8.79. The Balaban J connectivity index is 1.63. The van der Waals surface area contributed by atoms with E-state index in [-0.39, 0.29) is 24.3 Å². The van der Waals surface area contributed by atoms with E-state index < -0.39 is 0 Å². The van der Waals surface area contributed by atoms with Crippen LogP contribution in [0.5, 0.6) is 11.5 Å². The van der Waals surface area contributed by atoms with Crippen molar-refractivity contribution >= 4 is 5.91 Å². The van der Waals surface area contributed by atoms with Gasteiger partial charge in [-0.1, -0.05) is 35.9 Å². The Morgan fingerprint density at radius 2 is 1.89 bits per heavy atom. The maximum absolute atomic E-state index is 12.5. The van der Waals surface area contributed by atoms with E-state index in [9.17, 15) is 4.79 Å². The Morgan fingerprint density at radius 1 is 1.11 bits per heavy atom. The summed E-state index contributed by atoms with van der Waals surface area (Å²) in [4.78, 5) is 12.5. The van der Waals surface area contributed by atoms with Gasteiger partial charge >= 0.3 is 0 Å². The molecule has 27 heavy (non-hydrogen) atoms. The molecule has 0 spiro atoms. The predicted molar refractivity (Wildman–Crippen MR) is 103 cm³/mol. The van der Waals surface area contributed by atoms with Crippen molar-refractivity contribution in [1.29, 1.82) is 0 Å². The number of para-hydroxylation sites is 1. The summed E-state index contributed by atoms with van der Waals surface area (Å²) in [5.41, 5.74) is 2.02. The van der Waals surface area contributed by atoms with E-state index in [4.69, 9.17) is 13.9 Å². The summed E-state index contributed by atoms with van der Waals surface area (Å²) in [5.74, 6) is 2.05. The molecule has 0 bridgehead atoms. The summed E-state index contributed by atoms with van der Waals surface area (Å²) in [6.07, 6.45) is 0. The highest BCUT2D eigenvalue weighted by molar-refractivity contribution is 5.91. The molecule has 1 heterocycles. The molecule has 0 aliphatic carbocycles. The van der Waals surface area contributed by atoms with Crippen molar-refractivity contribution in [1.82, 2.24) is 5.32 Å². The molecule has 5 nitrogen and oxygen atoms in total. The van der Waals surface area contributed by atoms with Crippen LogP contribution in [0.1, 0.15) is 40.4 Å². The Kier molecular flexibility index (Phi) is 5.81. The van der Waals surface area contributed by atoms with Crippen LogP contribution in [0.25, 0.3) is 0 Å². The molecule has 3 aromatic rings. The van der Waals surface area contributed by atoms with Gasteiger partial charge in [0.05, 0.1) is 13.2 Å². The summed E-state index contributed by atoms with van der Waals surface area (Å²) in [5, 5.41) is 2.95. The first-order valence-corrected chi connectivity index (χ1v) is 8.79. The highest BCUT2D eigenvalue weighted by Crippen LogP contribution is 2.26. The number of amides is 1. The quantitative estimate of drug-likeness (QED) is 0.661. The van der Waals surface area contributed by atoms with E-state index in [1.54, 1.807) is 19.2 Å². The number of hydrogen-bond acceptors (Lipinski definition) is 4. The summed E-state index contributed by atoms with van der Waals surface area (Å²) < 4.78 is 16.6. The second-order valence-electron chi connectivity index (χ2n) is 6.31. The number of carbonyl (C=O) groups is 1. The van der Waals surface area contributed by atoms with Crippen LogP contribution < -0.4 is 14.8 Å². The fraction of sp³-hybridized carbons (Fsp3) is 0.227. The van der Waals surface area contributed by atoms with Gasteiger partial charge in [-0.25, -0.2) is 0 Å². The van der Waals surface area contributed by atoms with Gasteiger partial charge < -0.3 is 19.2 Å². The topological polar surface area (TPSA) is 60.7 Å². The van der Waals surface area contributed by atoms with Crippen LogP contribution in [-0.2, 0) is 6.61 Å². The normalized spacial score (nSPS) is 11.7. The number of nitrogens with one attached hydrogen (secondary N) is 1. The highest BCUT2D eigenvalue weighted by Gasteiger charge is 2.18. The maximum atomic E-state index is 12.5. The second kappa shape index (κ2) is 8.45. The van der Waals surface area contributed by atoms with Crippen molar-refractivity contribution in [3.05, 3.63) is 83.3 Å². The van der Waals surface area contributed by atoms with Crippen molar-refractivity contribution in [2.75, 3.05) is 7.11 Å². The maximum Gasteiger partial charge on any atom is 0.287 e. The fourth-order valence-electron chi connectivity index (χ4n) is 2.79. The Bertz CT molecular complexity index is 902. The summed E-state index contributed by atoms with van der Waals surface area (Å²) >= 11 is 0. The minimum Gasteiger partial charge on any atom is -0.496 e. The molecule has 0 unspecified atom stereocenters. The summed E-state index contributed by atoms with van der Waals surface area (Å²) in [6, 6.07) is 18.5. The molecule has 0 aliphatic heterocycles. The molecular formula is C22H23NO4. The lowest BCUT2D eigenvalue weighted by atomic mass is 10.0. The van der Waals surface area contributed by atoms with E-state index >= 15 is 0 Å². The molecule has 0 aliphatic rings. The van der Waals surface area contributed by atoms with Crippen molar-refractivity contribution < 1.29 is 18.7 Å². The van der Waals surface area contributed by atoms with Gasteiger partial charge in [-0.05, 0) is 44.2 Å². The molecule has 0 fully saturated rings. The number of benzene rings is 2. The minimum atomic E-state index is -0.281. The van der Waals surface area contributed by atoms with Crippen LogP contribution in [0.2, 0.25) is 0 Å².